The highest BCUT2D eigenvalue weighted by atomic mass is 16.2. The van der Waals surface area contributed by atoms with E-state index in [1.165, 1.54) is 6.07 Å². The van der Waals surface area contributed by atoms with Crippen LogP contribution in [0.15, 0.2) is 18.2 Å². The number of rotatable bonds is 7. The number of hydrogen-bond donors (Lipinski definition) is 3. The first-order valence-corrected chi connectivity index (χ1v) is 9.25. The Morgan fingerprint density at radius 2 is 2.04 bits per heavy atom. The number of primary amides is 1. The molecule has 0 aliphatic carbocycles. The maximum Gasteiger partial charge on any atom is 0.264 e. The SMILES string of the molecule is CCCCC(Nc1cccc2c1C(=O)N(C1CCC(=O)NC1=O)C2=O)C(N)=O. The molecular formula is C19H22N4O5. The topological polar surface area (TPSA) is 139 Å². The Bertz CT molecular complexity index is 866. The molecular weight excluding hydrogens is 364 g/mol. The van der Waals surface area contributed by atoms with E-state index < -0.39 is 41.6 Å². The van der Waals surface area contributed by atoms with Gasteiger partial charge in [-0.15, -0.1) is 0 Å². The molecule has 1 aromatic carbocycles. The van der Waals surface area contributed by atoms with Crippen LogP contribution in [-0.4, -0.2) is 46.5 Å². The Morgan fingerprint density at radius 1 is 1.29 bits per heavy atom. The van der Waals surface area contributed by atoms with Crippen molar-refractivity contribution in [2.75, 3.05) is 5.32 Å². The van der Waals surface area contributed by atoms with Crippen LogP contribution >= 0.6 is 0 Å². The van der Waals surface area contributed by atoms with E-state index in [2.05, 4.69) is 10.6 Å². The van der Waals surface area contributed by atoms with Crippen molar-refractivity contribution in [3.8, 4) is 0 Å². The van der Waals surface area contributed by atoms with Gasteiger partial charge >= 0.3 is 0 Å². The first-order chi connectivity index (χ1) is 13.3. The summed E-state index contributed by atoms with van der Waals surface area (Å²) in [5.41, 5.74) is 6.05. The standard InChI is InChI=1S/C19H22N4O5/c1-2-3-6-12(16(20)25)21-11-7-4-5-10-15(11)19(28)23(18(10)27)13-8-9-14(24)22-17(13)26/h4-5,7,12-13,21H,2-3,6,8-9H2,1H3,(H2,20,25)(H,22,24,26). The molecule has 2 heterocycles. The number of unbranched alkanes of at least 4 members (excludes halogenated alkanes) is 1. The van der Waals surface area contributed by atoms with Gasteiger partial charge in [-0.1, -0.05) is 25.8 Å². The lowest BCUT2D eigenvalue weighted by Crippen LogP contribution is -2.54. The van der Waals surface area contributed by atoms with Crippen molar-refractivity contribution in [3.05, 3.63) is 29.3 Å². The zero-order valence-electron chi connectivity index (χ0n) is 15.5. The van der Waals surface area contributed by atoms with Crippen molar-refractivity contribution in [1.82, 2.24) is 10.2 Å². The van der Waals surface area contributed by atoms with Crippen LogP contribution in [-0.2, 0) is 14.4 Å². The van der Waals surface area contributed by atoms with E-state index in [-0.39, 0.29) is 24.0 Å². The molecule has 1 saturated heterocycles. The molecule has 0 radical (unpaired) electrons. The molecule has 0 spiro atoms. The van der Waals surface area contributed by atoms with Gasteiger partial charge in [-0.05, 0) is 25.0 Å². The Morgan fingerprint density at radius 3 is 2.68 bits per heavy atom. The van der Waals surface area contributed by atoms with Crippen LogP contribution in [0.3, 0.4) is 0 Å². The Balaban J connectivity index is 1.90. The molecule has 5 amide bonds. The number of carbonyl (C=O) groups is 5. The van der Waals surface area contributed by atoms with Crippen LogP contribution in [0.25, 0.3) is 0 Å². The number of anilines is 1. The summed E-state index contributed by atoms with van der Waals surface area (Å²) >= 11 is 0. The number of fused-ring (bicyclic) bond motifs is 1. The maximum absolute atomic E-state index is 13.0. The third-order valence-corrected chi connectivity index (χ3v) is 4.99. The fraction of sp³-hybridized carbons (Fsp3) is 0.421. The lowest BCUT2D eigenvalue weighted by molar-refractivity contribution is -0.136. The van der Waals surface area contributed by atoms with Crippen molar-refractivity contribution < 1.29 is 24.0 Å². The van der Waals surface area contributed by atoms with E-state index in [1.807, 2.05) is 6.92 Å². The summed E-state index contributed by atoms with van der Waals surface area (Å²) in [5.74, 6) is -2.87. The van der Waals surface area contributed by atoms with Crippen molar-refractivity contribution >= 4 is 35.2 Å². The molecule has 2 aliphatic heterocycles. The molecule has 28 heavy (non-hydrogen) atoms. The van der Waals surface area contributed by atoms with E-state index >= 15 is 0 Å². The van der Waals surface area contributed by atoms with Crippen LogP contribution in [0, 0.1) is 0 Å². The molecule has 0 saturated carbocycles. The van der Waals surface area contributed by atoms with Crippen molar-refractivity contribution in [1.29, 1.82) is 0 Å². The van der Waals surface area contributed by atoms with Crippen molar-refractivity contribution in [3.63, 3.8) is 0 Å². The van der Waals surface area contributed by atoms with E-state index in [4.69, 9.17) is 5.73 Å². The van der Waals surface area contributed by atoms with Gasteiger partial charge < -0.3 is 11.1 Å². The predicted molar refractivity (Wildman–Crippen MR) is 99.2 cm³/mol. The van der Waals surface area contributed by atoms with Crippen LogP contribution in [0.2, 0.25) is 0 Å². The third kappa shape index (κ3) is 3.47. The van der Waals surface area contributed by atoms with E-state index in [0.29, 0.717) is 12.1 Å². The van der Waals surface area contributed by atoms with Gasteiger partial charge in [0, 0.05) is 12.1 Å². The lowest BCUT2D eigenvalue weighted by Gasteiger charge is -2.28. The minimum atomic E-state index is -1.04. The average molecular weight is 386 g/mol. The molecule has 3 rings (SSSR count). The van der Waals surface area contributed by atoms with Crippen LogP contribution in [0.1, 0.15) is 59.7 Å². The maximum atomic E-state index is 13.0. The summed E-state index contributed by atoms with van der Waals surface area (Å²) in [5, 5.41) is 5.14. The number of piperidine rings is 1. The van der Waals surface area contributed by atoms with Gasteiger partial charge in [0.2, 0.25) is 17.7 Å². The third-order valence-electron chi connectivity index (χ3n) is 4.99. The number of amides is 5. The largest absolute Gasteiger partial charge is 0.373 e. The molecule has 4 N–H and O–H groups in total. The second-order valence-corrected chi connectivity index (χ2v) is 6.92. The summed E-state index contributed by atoms with van der Waals surface area (Å²) in [7, 11) is 0. The Kier molecular flexibility index (Phi) is 5.43. The summed E-state index contributed by atoms with van der Waals surface area (Å²) in [6, 6.07) is 2.97. The number of hydrogen-bond acceptors (Lipinski definition) is 6. The predicted octanol–water partition coefficient (Wildman–Crippen LogP) is 0.544. The number of nitrogens with one attached hydrogen (secondary N) is 2. The highest BCUT2D eigenvalue weighted by Gasteiger charge is 2.45. The first-order valence-electron chi connectivity index (χ1n) is 9.25. The van der Waals surface area contributed by atoms with Gasteiger partial charge in [0.15, 0.2) is 0 Å². The molecule has 2 aliphatic rings. The van der Waals surface area contributed by atoms with Gasteiger partial charge in [-0.25, -0.2) is 0 Å². The van der Waals surface area contributed by atoms with Crippen LogP contribution < -0.4 is 16.4 Å². The fourth-order valence-corrected chi connectivity index (χ4v) is 3.52. The van der Waals surface area contributed by atoms with Gasteiger partial charge in [0.1, 0.15) is 12.1 Å². The van der Waals surface area contributed by atoms with E-state index in [0.717, 1.165) is 17.7 Å². The first kappa shape index (κ1) is 19.5. The Hall–Kier alpha value is -3.23. The minimum absolute atomic E-state index is 0.0513. The lowest BCUT2D eigenvalue weighted by atomic mass is 10.0. The highest BCUT2D eigenvalue weighted by Crippen LogP contribution is 2.32. The average Bonchev–Trinajstić information content (AvgIpc) is 2.90. The number of nitrogens with zero attached hydrogens (tertiary/aromatic N) is 1. The highest BCUT2D eigenvalue weighted by molar-refractivity contribution is 6.25. The van der Waals surface area contributed by atoms with E-state index in [9.17, 15) is 24.0 Å². The van der Waals surface area contributed by atoms with Gasteiger partial charge in [-0.3, -0.25) is 34.2 Å². The van der Waals surface area contributed by atoms with Gasteiger partial charge in [0.05, 0.1) is 11.1 Å². The van der Waals surface area contributed by atoms with Crippen LogP contribution in [0.5, 0.6) is 0 Å². The number of nitrogens with two attached hydrogens (primary N) is 1. The quantitative estimate of drug-likeness (QED) is 0.585. The summed E-state index contributed by atoms with van der Waals surface area (Å²) in [6.07, 6.45) is 2.27. The molecule has 0 aromatic heterocycles. The van der Waals surface area contributed by atoms with Gasteiger partial charge in [0.25, 0.3) is 11.8 Å². The molecule has 2 unspecified atom stereocenters. The second kappa shape index (κ2) is 7.79. The molecule has 1 aromatic rings. The zero-order chi connectivity index (χ0) is 20.4. The monoisotopic (exact) mass is 386 g/mol. The molecule has 9 nitrogen and oxygen atoms in total. The summed E-state index contributed by atoms with van der Waals surface area (Å²) in [6.45, 7) is 1.98. The van der Waals surface area contributed by atoms with Crippen molar-refractivity contribution in [2.24, 2.45) is 5.73 Å². The fourth-order valence-electron chi connectivity index (χ4n) is 3.52. The van der Waals surface area contributed by atoms with Gasteiger partial charge in [-0.2, -0.15) is 0 Å². The number of carbonyl (C=O) groups excluding carboxylic acids is 5. The molecule has 9 heteroatoms. The molecule has 148 valence electrons. The molecule has 0 bridgehead atoms. The minimum Gasteiger partial charge on any atom is -0.373 e. The smallest absolute Gasteiger partial charge is 0.264 e. The second-order valence-electron chi connectivity index (χ2n) is 6.92. The normalized spacial score (nSPS) is 20.0. The van der Waals surface area contributed by atoms with E-state index in [1.54, 1.807) is 12.1 Å². The summed E-state index contributed by atoms with van der Waals surface area (Å²) < 4.78 is 0. The van der Waals surface area contributed by atoms with Crippen molar-refractivity contribution in [2.45, 2.75) is 51.1 Å². The van der Waals surface area contributed by atoms with Crippen LogP contribution in [0.4, 0.5) is 5.69 Å². The number of imide groups is 2. The summed E-state index contributed by atoms with van der Waals surface area (Å²) in [4.78, 5) is 62.0. The Labute approximate surface area is 161 Å². The zero-order valence-corrected chi connectivity index (χ0v) is 15.5. The molecule has 2 atom stereocenters. The molecule has 1 fully saturated rings. The number of benzene rings is 1.